The number of rotatable bonds is 3. The van der Waals surface area contributed by atoms with Gasteiger partial charge in [0.05, 0.1) is 3.79 Å². The van der Waals surface area contributed by atoms with Crippen molar-refractivity contribution in [2.24, 2.45) is 11.1 Å². The monoisotopic (exact) mass is 324 g/mol. The van der Waals surface area contributed by atoms with E-state index in [4.69, 9.17) is 5.73 Å². The molecule has 1 aliphatic heterocycles. The van der Waals surface area contributed by atoms with E-state index in [2.05, 4.69) is 39.9 Å². The van der Waals surface area contributed by atoms with Crippen LogP contribution in [0.5, 0.6) is 0 Å². The summed E-state index contributed by atoms with van der Waals surface area (Å²) in [6.07, 6.45) is 1.23. The molecule has 0 radical (unpaired) electrons. The van der Waals surface area contributed by atoms with E-state index in [1.807, 2.05) is 11.3 Å². The van der Waals surface area contributed by atoms with E-state index in [0.29, 0.717) is 5.41 Å². The van der Waals surface area contributed by atoms with Gasteiger partial charge in [-0.05, 0) is 53.0 Å². The lowest BCUT2D eigenvalue weighted by Crippen LogP contribution is -2.30. The van der Waals surface area contributed by atoms with Gasteiger partial charge in [-0.25, -0.2) is 0 Å². The molecule has 2 nitrogen and oxygen atoms in total. The zero-order valence-electron chi connectivity index (χ0n) is 9.41. The van der Waals surface area contributed by atoms with Crippen molar-refractivity contribution in [3.8, 4) is 0 Å². The van der Waals surface area contributed by atoms with E-state index in [1.165, 1.54) is 21.6 Å². The van der Waals surface area contributed by atoms with Gasteiger partial charge in [0, 0.05) is 18.0 Å². The van der Waals surface area contributed by atoms with Gasteiger partial charge in [0.2, 0.25) is 0 Å². The Morgan fingerprint density at radius 2 is 2.31 bits per heavy atom. The quantitative estimate of drug-likeness (QED) is 0.925. The number of nitrogens with two attached hydrogens (primary N) is 1. The molecule has 0 saturated carbocycles. The summed E-state index contributed by atoms with van der Waals surface area (Å²) in [5.74, 6) is 0. The third-order valence-electron chi connectivity index (χ3n) is 3.14. The summed E-state index contributed by atoms with van der Waals surface area (Å²) < 4.78 is 1.22. The zero-order valence-corrected chi connectivity index (χ0v) is 12.6. The molecule has 2 heterocycles. The van der Waals surface area contributed by atoms with Crippen LogP contribution >= 0.6 is 39.7 Å². The Morgan fingerprint density at radius 1 is 1.56 bits per heavy atom. The molecule has 0 bridgehead atoms. The molecule has 0 spiro atoms. The van der Waals surface area contributed by atoms with Gasteiger partial charge in [-0.15, -0.1) is 23.7 Å². The van der Waals surface area contributed by atoms with Gasteiger partial charge in [-0.3, -0.25) is 4.90 Å². The van der Waals surface area contributed by atoms with Crippen LogP contribution < -0.4 is 5.73 Å². The summed E-state index contributed by atoms with van der Waals surface area (Å²) in [5, 5.41) is 0. The highest BCUT2D eigenvalue weighted by Crippen LogP contribution is 2.31. The first kappa shape index (κ1) is 14.5. The van der Waals surface area contributed by atoms with Crippen LogP contribution in [-0.2, 0) is 6.54 Å². The van der Waals surface area contributed by atoms with E-state index in [0.717, 1.165) is 19.6 Å². The lowest BCUT2D eigenvalue weighted by molar-refractivity contribution is 0.276. The Balaban J connectivity index is 0.00000128. The Morgan fingerprint density at radius 3 is 2.81 bits per heavy atom. The topological polar surface area (TPSA) is 29.3 Å². The molecule has 1 unspecified atom stereocenters. The lowest BCUT2D eigenvalue weighted by Gasteiger charge is -2.22. The van der Waals surface area contributed by atoms with Gasteiger partial charge in [0.25, 0.3) is 0 Å². The highest BCUT2D eigenvalue weighted by molar-refractivity contribution is 9.11. The molecular weight excluding hydrogens is 308 g/mol. The molecule has 1 fully saturated rings. The maximum Gasteiger partial charge on any atom is 0.0701 e. The highest BCUT2D eigenvalue weighted by Gasteiger charge is 2.32. The molecule has 92 valence electrons. The van der Waals surface area contributed by atoms with Gasteiger partial charge < -0.3 is 5.73 Å². The van der Waals surface area contributed by atoms with Crippen LogP contribution in [0.2, 0.25) is 0 Å². The van der Waals surface area contributed by atoms with E-state index < -0.39 is 0 Å². The van der Waals surface area contributed by atoms with Crippen molar-refractivity contribution in [1.82, 2.24) is 4.90 Å². The second-order valence-corrected chi connectivity index (χ2v) is 7.23. The van der Waals surface area contributed by atoms with Crippen LogP contribution in [0.4, 0.5) is 0 Å². The molecule has 0 amide bonds. The fourth-order valence-corrected chi connectivity index (χ4v) is 3.61. The summed E-state index contributed by atoms with van der Waals surface area (Å²) >= 11 is 5.32. The third-order valence-corrected chi connectivity index (χ3v) is 4.75. The highest BCUT2D eigenvalue weighted by atomic mass is 79.9. The van der Waals surface area contributed by atoms with Crippen LogP contribution in [-0.4, -0.2) is 24.5 Å². The second kappa shape index (κ2) is 5.83. The van der Waals surface area contributed by atoms with Crippen molar-refractivity contribution in [3.05, 3.63) is 20.8 Å². The van der Waals surface area contributed by atoms with Crippen molar-refractivity contribution in [2.45, 2.75) is 19.9 Å². The molecule has 1 aromatic heterocycles. The van der Waals surface area contributed by atoms with Crippen molar-refractivity contribution < 1.29 is 0 Å². The van der Waals surface area contributed by atoms with Crippen LogP contribution in [0.3, 0.4) is 0 Å². The van der Waals surface area contributed by atoms with Gasteiger partial charge in [-0.1, -0.05) is 6.92 Å². The van der Waals surface area contributed by atoms with E-state index in [9.17, 15) is 0 Å². The Hall–Kier alpha value is 0.390. The molecular formula is C11H18BrClN2S. The first-order valence-corrected chi connectivity index (χ1v) is 6.89. The lowest BCUT2D eigenvalue weighted by atomic mass is 9.90. The summed E-state index contributed by atoms with van der Waals surface area (Å²) in [4.78, 5) is 3.94. The normalized spacial score (nSPS) is 25.7. The Kier molecular flexibility index (Phi) is 5.26. The van der Waals surface area contributed by atoms with E-state index in [1.54, 1.807) is 0 Å². The van der Waals surface area contributed by atoms with Gasteiger partial charge in [0.15, 0.2) is 0 Å². The Labute approximate surface area is 116 Å². The number of nitrogens with zero attached hydrogens (tertiary/aromatic N) is 1. The van der Waals surface area contributed by atoms with Gasteiger partial charge in [0.1, 0.15) is 0 Å². The second-order valence-electron chi connectivity index (χ2n) is 4.68. The van der Waals surface area contributed by atoms with Crippen molar-refractivity contribution in [1.29, 1.82) is 0 Å². The number of halogens is 2. The summed E-state index contributed by atoms with van der Waals surface area (Å²) in [6.45, 7) is 6.49. The van der Waals surface area contributed by atoms with Crippen LogP contribution in [0.15, 0.2) is 15.9 Å². The van der Waals surface area contributed by atoms with Crippen molar-refractivity contribution in [3.63, 3.8) is 0 Å². The first-order chi connectivity index (χ1) is 7.11. The van der Waals surface area contributed by atoms with Crippen LogP contribution in [0.25, 0.3) is 0 Å². The summed E-state index contributed by atoms with van der Waals surface area (Å²) in [7, 11) is 0. The molecule has 1 atom stereocenters. The fourth-order valence-electron chi connectivity index (χ4n) is 2.08. The minimum atomic E-state index is 0. The fraction of sp³-hybridized carbons (Fsp3) is 0.636. The van der Waals surface area contributed by atoms with Crippen LogP contribution in [0.1, 0.15) is 18.2 Å². The maximum absolute atomic E-state index is 5.80. The number of thiophene rings is 1. The van der Waals surface area contributed by atoms with Gasteiger partial charge in [-0.2, -0.15) is 0 Å². The first-order valence-electron chi connectivity index (χ1n) is 5.28. The molecule has 1 saturated heterocycles. The predicted molar refractivity (Wildman–Crippen MR) is 76.3 cm³/mol. The van der Waals surface area contributed by atoms with Crippen molar-refractivity contribution in [2.75, 3.05) is 19.6 Å². The summed E-state index contributed by atoms with van der Waals surface area (Å²) in [6, 6.07) is 4.32. The number of hydrogen-bond donors (Lipinski definition) is 1. The minimum absolute atomic E-state index is 0. The molecule has 5 heteroatoms. The smallest absolute Gasteiger partial charge is 0.0701 e. The predicted octanol–water partition coefficient (Wildman–Crippen LogP) is 3.10. The zero-order chi connectivity index (χ0) is 10.9. The SMILES string of the molecule is CC1(CN)CCN(Cc2ccc(Br)s2)C1.Cl. The standard InChI is InChI=1S/C11H17BrN2S.ClH/c1-11(7-13)4-5-14(8-11)6-9-2-3-10(12)15-9;/h2-3H,4-8,13H2,1H3;1H. The van der Waals surface area contributed by atoms with E-state index in [-0.39, 0.29) is 12.4 Å². The largest absolute Gasteiger partial charge is 0.330 e. The maximum atomic E-state index is 5.80. The third kappa shape index (κ3) is 3.44. The summed E-state index contributed by atoms with van der Waals surface area (Å²) in [5.41, 5.74) is 6.14. The molecule has 1 aliphatic rings. The Bertz CT molecular complexity index is 344. The average molecular weight is 326 g/mol. The van der Waals surface area contributed by atoms with E-state index >= 15 is 0 Å². The molecule has 2 rings (SSSR count). The van der Waals surface area contributed by atoms with Gasteiger partial charge >= 0.3 is 0 Å². The molecule has 2 N–H and O–H groups in total. The van der Waals surface area contributed by atoms with Crippen molar-refractivity contribution >= 4 is 39.7 Å². The molecule has 0 aromatic carbocycles. The average Bonchev–Trinajstić information content (AvgIpc) is 2.76. The van der Waals surface area contributed by atoms with Crippen LogP contribution in [0, 0.1) is 5.41 Å². The number of hydrogen-bond acceptors (Lipinski definition) is 3. The number of likely N-dealkylation sites (tertiary alicyclic amines) is 1. The minimum Gasteiger partial charge on any atom is -0.330 e. The molecule has 16 heavy (non-hydrogen) atoms. The molecule has 0 aliphatic carbocycles. The molecule has 1 aromatic rings.